The number of hydrogen-bond donors (Lipinski definition) is 2. The molecule has 0 aliphatic rings. The van der Waals surface area contributed by atoms with Gasteiger partial charge in [0.1, 0.15) is 17.3 Å². The Morgan fingerprint density at radius 2 is 2.17 bits per heavy atom. The predicted molar refractivity (Wildman–Crippen MR) is 69.0 cm³/mol. The molecule has 0 unspecified atom stereocenters. The molecule has 5 heteroatoms. The van der Waals surface area contributed by atoms with Crippen molar-refractivity contribution in [3.8, 4) is 5.75 Å². The summed E-state index contributed by atoms with van der Waals surface area (Å²) in [5.41, 5.74) is 2.12. The van der Waals surface area contributed by atoms with E-state index < -0.39 is 0 Å². The van der Waals surface area contributed by atoms with Crippen molar-refractivity contribution in [2.75, 3.05) is 12.4 Å². The van der Waals surface area contributed by atoms with Crippen LogP contribution in [0.15, 0.2) is 24.4 Å². The quantitative estimate of drug-likeness (QED) is 0.871. The van der Waals surface area contributed by atoms with Crippen LogP contribution in [0.25, 0.3) is 0 Å². The highest BCUT2D eigenvalue weighted by molar-refractivity contribution is 6.03. The van der Waals surface area contributed by atoms with Gasteiger partial charge in [-0.3, -0.25) is 4.79 Å². The number of nitrogens with zero attached hydrogens (tertiary/aromatic N) is 1. The summed E-state index contributed by atoms with van der Waals surface area (Å²) in [5, 5.41) is 2.80. The molecule has 0 spiro atoms. The van der Waals surface area contributed by atoms with Crippen LogP contribution in [0.3, 0.4) is 0 Å². The molecule has 0 fully saturated rings. The van der Waals surface area contributed by atoms with Crippen molar-refractivity contribution in [2.24, 2.45) is 0 Å². The van der Waals surface area contributed by atoms with Gasteiger partial charge >= 0.3 is 0 Å². The first-order valence-electron chi connectivity index (χ1n) is 5.58. The zero-order valence-electron chi connectivity index (χ0n) is 10.6. The number of carbonyl (C=O) groups is 1. The summed E-state index contributed by atoms with van der Waals surface area (Å²) in [7, 11) is 1.57. The van der Waals surface area contributed by atoms with Gasteiger partial charge in [-0.1, -0.05) is 6.07 Å². The van der Waals surface area contributed by atoms with Gasteiger partial charge in [-0.2, -0.15) is 0 Å². The molecule has 18 heavy (non-hydrogen) atoms. The standard InChI is InChI=1S/C13H15N3O2/c1-8-4-5-12(18-3)10(6-8)16-13(17)11-7-14-9(2)15-11/h4-7H,1-3H3,(H,14,15)(H,16,17). The van der Waals surface area contributed by atoms with Crippen molar-refractivity contribution in [1.29, 1.82) is 0 Å². The van der Waals surface area contributed by atoms with Crippen LogP contribution >= 0.6 is 0 Å². The van der Waals surface area contributed by atoms with Crippen LogP contribution in [-0.4, -0.2) is 23.0 Å². The van der Waals surface area contributed by atoms with Gasteiger partial charge in [0.05, 0.1) is 19.0 Å². The minimum atomic E-state index is -0.237. The number of aromatic amines is 1. The molecular weight excluding hydrogens is 230 g/mol. The number of carbonyl (C=O) groups excluding carboxylic acids is 1. The highest BCUT2D eigenvalue weighted by Gasteiger charge is 2.11. The SMILES string of the molecule is COc1ccc(C)cc1NC(=O)c1cnc(C)[nH]1. The third-order valence-electron chi connectivity index (χ3n) is 2.55. The Morgan fingerprint density at radius 1 is 1.39 bits per heavy atom. The van der Waals surface area contributed by atoms with Crippen molar-refractivity contribution in [1.82, 2.24) is 9.97 Å². The molecule has 1 aromatic heterocycles. The summed E-state index contributed by atoms with van der Waals surface area (Å²) in [6, 6.07) is 5.61. The Bertz CT molecular complexity index is 575. The summed E-state index contributed by atoms with van der Waals surface area (Å²) in [6.45, 7) is 3.75. The number of methoxy groups -OCH3 is 1. The first-order valence-corrected chi connectivity index (χ1v) is 5.58. The first-order chi connectivity index (χ1) is 8.60. The molecule has 0 bridgehead atoms. The highest BCUT2D eigenvalue weighted by atomic mass is 16.5. The Balaban J connectivity index is 2.23. The van der Waals surface area contributed by atoms with Crippen LogP contribution in [0.5, 0.6) is 5.75 Å². The van der Waals surface area contributed by atoms with Gasteiger partial charge in [0.15, 0.2) is 0 Å². The van der Waals surface area contributed by atoms with Crippen LogP contribution in [0.2, 0.25) is 0 Å². The molecule has 94 valence electrons. The predicted octanol–water partition coefficient (Wildman–Crippen LogP) is 2.29. The normalized spacial score (nSPS) is 10.2. The van der Waals surface area contributed by atoms with E-state index >= 15 is 0 Å². The Morgan fingerprint density at radius 3 is 2.78 bits per heavy atom. The van der Waals surface area contributed by atoms with E-state index in [1.807, 2.05) is 25.1 Å². The molecule has 0 saturated heterocycles. The van der Waals surface area contributed by atoms with Gasteiger partial charge in [0, 0.05) is 0 Å². The second-order valence-electron chi connectivity index (χ2n) is 4.04. The van der Waals surface area contributed by atoms with E-state index in [2.05, 4.69) is 15.3 Å². The zero-order chi connectivity index (χ0) is 13.1. The smallest absolute Gasteiger partial charge is 0.273 e. The summed E-state index contributed by atoms with van der Waals surface area (Å²) in [4.78, 5) is 18.8. The Labute approximate surface area is 105 Å². The first kappa shape index (κ1) is 12.2. The number of aromatic nitrogens is 2. The van der Waals surface area contributed by atoms with Crippen molar-refractivity contribution in [3.63, 3.8) is 0 Å². The van der Waals surface area contributed by atoms with E-state index in [4.69, 9.17) is 4.74 Å². The van der Waals surface area contributed by atoms with Gasteiger partial charge in [-0.05, 0) is 31.5 Å². The summed E-state index contributed by atoms with van der Waals surface area (Å²) in [6.07, 6.45) is 1.51. The number of hydrogen-bond acceptors (Lipinski definition) is 3. The van der Waals surface area contributed by atoms with Gasteiger partial charge in [-0.15, -0.1) is 0 Å². The van der Waals surface area contributed by atoms with Gasteiger partial charge in [0.25, 0.3) is 5.91 Å². The van der Waals surface area contributed by atoms with Gasteiger partial charge in [0.2, 0.25) is 0 Å². The zero-order valence-corrected chi connectivity index (χ0v) is 10.6. The second-order valence-corrected chi connectivity index (χ2v) is 4.04. The lowest BCUT2D eigenvalue weighted by Gasteiger charge is -2.10. The topological polar surface area (TPSA) is 67.0 Å². The molecule has 1 amide bonds. The maximum atomic E-state index is 12.0. The van der Waals surface area contributed by atoms with Crippen molar-refractivity contribution in [3.05, 3.63) is 41.5 Å². The van der Waals surface area contributed by atoms with E-state index in [1.54, 1.807) is 14.0 Å². The molecule has 0 aliphatic carbocycles. The van der Waals surface area contributed by atoms with E-state index in [9.17, 15) is 4.79 Å². The minimum Gasteiger partial charge on any atom is -0.495 e. The van der Waals surface area contributed by atoms with Crippen LogP contribution < -0.4 is 10.1 Å². The van der Waals surface area contributed by atoms with Crippen molar-refractivity contribution in [2.45, 2.75) is 13.8 Å². The van der Waals surface area contributed by atoms with Crippen LogP contribution in [0.4, 0.5) is 5.69 Å². The molecule has 0 radical (unpaired) electrons. The number of ether oxygens (including phenoxy) is 1. The fourth-order valence-corrected chi connectivity index (χ4v) is 1.65. The molecule has 2 aromatic rings. The molecular formula is C13H15N3O2. The highest BCUT2D eigenvalue weighted by Crippen LogP contribution is 2.25. The van der Waals surface area contributed by atoms with E-state index in [0.717, 1.165) is 5.56 Å². The van der Waals surface area contributed by atoms with Crippen molar-refractivity contribution < 1.29 is 9.53 Å². The number of H-pyrrole nitrogens is 1. The fourth-order valence-electron chi connectivity index (χ4n) is 1.65. The molecule has 0 atom stereocenters. The fraction of sp³-hybridized carbons (Fsp3) is 0.231. The molecule has 2 rings (SSSR count). The van der Waals surface area contributed by atoms with Crippen molar-refractivity contribution >= 4 is 11.6 Å². The summed E-state index contributed by atoms with van der Waals surface area (Å²) in [5.74, 6) is 1.10. The number of imidazole rings is 1. The van der Waals surface area contributed by atoms with E-state index in [0.29, 0.717) is 23.0 Å². The monoisotopic (exact) mass is 245 g/mol. The lowest BCUT2D eigenvalue weighted by atomic mass is 10.2. The third-order valence-corrected chi connectivity index (χ3v) is 2.55. The third kappa shape index (κ3) is 2.51. The lowest BCUT2D eigenvalue weighted by Crippen LogP contribution is -2.13. The molecule has 1 heterocycles. The lowest BCUT2D eigenvalue weighted by molar-refractivity contribution is 0.102. The number of nitrogens with one attached hydrogen (secondary N) is 2. The van der Waals surface area contributed by atoms with Gasteiger partial charge in [-0.25, -0.2) is 4.98 Å². The molecule has 0 aliphatic heterocycles. The second kappa shape index (κ2) is 4.91. The minimum absolute atomic E-state index is 0.237. The Hall–Kier alpha value is -2.30. The van der Waals surface area contributed by atoms with Crippen LogP contribution in [0.1, 0.15) is 21.9 Å². The average Bonchev–Trinajstić information content (AvgIpc) is 2.76. The number of anilines is 1. The van der Waals surface area contributed by atoms with E-state index in [1.165, 1.54) is 6.20 Å². The van der Waals surface area contributed by atoms with Crippen LogP contribution in [0, 0.1) is 13.8 Å². The average molecular weight is 245 g/mol. The van der Waals surface area contributed by atoms with Crippen LogP contribution in [-0.2, 0) is 0 Å². The molecule has 1 aromatic carbocycles. The van der Waals surface area contributed by atoms with E-state index in [-0.39, 0.29) is 5.91 Å². The van der Waals surface area contributed by atoms with Gasteiger partial charge < -0.3 is 15.0 Å². The largest absolute Gasteiger partial charge is 0.495 e. The number of rotatable bonds is 3. The molecule has 5 nitrogen and oxygen atoms in total. The molecule has 2 N–H and O–H groups in total. The number of benzene rings is 1. The number of aryl methyl sites for hydroxylation is 2. The maximum absolute atomic E-state index is 12.0. The molecule has 0 saturated carbocycles. The maximum Gasteiger partial charge on any atom is 0.273 e. The summed E-state index contributed by atoms with van der Waals surface area (Å²) < 4.78 is 5.20. The summed E-state index contributed by atoms with van der Waals surface area (Å²) >= 11 is 0. The number of amides is 1. The Kier molecular flexibility index (Phi) is 3.32.